The number of hydrogen-bond donors (Lipinski definition) is 1. The first-order valence-electron chi connectivity index (χ1n) is 2.66. The largest absolute Gasteiger partial charge is 0.550 e. The van der Waals surface area contributed by atoms with Crippen LogP contribution in [0, 0.1) is 0 Å². The molecular weight excluding hydrogens is 172 g/mol. The van der Waals surface area contributed by atoms with E-state index in [0.29, 0.717) is 0 Å². The van der Waals surface area contributed by atoms with Gasteiger partial charge in [0.1, 0.15) is 5.60 Å². The molecule has 0 heterocycles. The smallest absolute Gasteiger partial charge is 0.148 e. The van der Waals surface area contributed by atoms with E-state index >= 15 is 0 Å². The fraction of sp³-hybridized carbons (Fsp3) is 0.400. The highest BCUT2D eigenvalue weighted by Crippen LogP contribution is 2.06. The quantitative estimate of drug-likeness (QED) is 0.419. The molecule has 0 fully saturated rings. The molecule has 0 amide bonds. The summed E-state index contributed by atoms with van der Waals surface area (Å²) >= 11 is 0. The second-order valence-electron chi connectivity index (χ2n) is 1.98. The third-order valence-electron chi connectivity index (χ3n) is 1.08. The number of carbonyl (C=O) groups excluding carboxylic acids is 3. The normalized spacial score (nSPS) is 10.8. The summed E-state index contributed by atoms with van der Waals surface area (Å²) in [6, 6.07) is 0. The molecule has 68 valence electrons. The minimum atomic E-state index is -3.53. The van der Waals surface area contributed by atoms with Gasteiger partial charge in [0.15, 0.2) is 0 Å². The average Bonchev–Trinajstić information content (AvgIpc) is 1.84. The van der Waals surface area contributed by atoms with E-state index in [-0.39, 0.29) is 0 Å². The Bertz CT molecular complexity index is 216. The minimum Gasteiger partial charge on any atom is -0.550 e. The van der Waals surface area contributed by atoms with Gasteiger partial charge < -0.3 is 34.8 Å². The summed E-state index contributed by atoms with van der Waals surface area (Å²) in [5, 5.41) is 38.2. The lowest BCUT2D eigenvalue weighted by atomic mass is 10.0. The third-order valence-corrected chi connectivity index (χ3v) is 1.08. The molecule has 7 heteroatoms. The number of carboxylic acids is 3. The molecule has 7 nitrogen and oxygen atoms in total. The lowest BCUT2D eigenvalue weighted by Crippen LogP contribution is -2.61. The highest BCUT2D eigenvalue weighted by Gasteiger charge is 2.30. The van der Waals surface area contributed by atoms with Gasteiger partial charge in [0.05, 0.1) is 11.9 Å². The van der Waals surface area contributed by atoms with Crippen LogP contribution in [-0.2, 0) is 14.4 Å². The van der Waals surface area contributed by atoms with Crippen molar-refractivity contribution in [2.24, 2.45) is 0 Å². The van der Waals surface area contributed by atoms with E-state index in [0.717, 1.165) is 0 Å². The van der Waals surface area contributed by atoms with E-state index in [1.54, 1.807) is 0 Å². The maximum absolute atomic E-state index is 9.93. The zero-order valence-electron chi connectivity index (χ0n) is 5.60. The molecular formula is C5H3O7-3. The fourth-order valence-corrected chi connectivity index (χ4v) is 0.437. The lowest BCUT2D eigenvalue weighted by Gasteiger charge is -2.30. The van der Waals surface area contributed by atoms with Gasteiger partial charge in [-0.25, -0.2) is 0 Å². The van der Waals surface area contributed by atoms with Gasteiger partial charge in [-0.15, -0.1) is 0 Å². The Morgan fingerprint density at radius 2 is 1.42 bits per heavy atom. The van der Waals surface area contributed by atoms with Crippen molar-refractivity contribution < 1.29 is 34.8 Å². The topological polar surface area (TPSA) is 141 Å². The molecule has 0 aromatic rings. The van der Waals surface area contributed by atoms with Crippen molar-refractivity contribution in [2.75, 3.05) is 0 Å². The molecule has 0 rings (SSSR count). The Morgan fingerprint density at radius 3 is 1.50 bits per heavy atom. The summed E-state index contributed by atoms with van der Waals surface area (Å²) in [7, 11) is 0. The Balaban J connectivity index is 4.75. The van der Waals surface area contributed by atoms with Crippen molar-refractivity contribution in [3.8, 4) is 0 Å². The molecule has 0 aliphatic rings. The van der Waals surface area contributed by atoms with Crippen molar-refractivity contribution >= 4 is 17.9 Å². The molecule has 0 saturated heterocycles. The third kappa shape index (κ3) is 1.92. The van der Waals surface area contributed by atoms with Crippen LogP contribution in [0.15, 0.2) is 0 Å². The molecule has 1 N–H and O–H groups in total. The molecule has 0 atom stereocenters. The van der Waals surface area contributed by atoms with Gasteiger partial charge in [-0.3, -0.25) is 0 Å². The summed E-state index contributed by atoms with van der Waals surface area (Å²) in [4.78, 5) is 29.6. The lowest BCUT2D eigenvalue weighted by molar-refractivity contribution is -0.355. The second kappa shape index (κ2) is 3.18. The van der Waals surface area contributed by atoms with Gasteiger partial charge in [0, 0.05) is 12.4 Å². The zero-order valence-corrected chi connectivity index (χ0v) is 5.60. The molecule has 0 saturated carbocycles. The fourth-order valence-electron chi connectivity index (χ4n) is 0.437. The van der Waals surface area contributed by atoms with Crippen LogP contribution in [-0.4, -0.2) is 28.6 Å². The number of hydrogen-bond acceptors (Lipinski definition) is 7. The first kappa shape index (κ1) is 10.4. The van der Waals surface area contributed by atoms with Crippen LogP contribution in [0.3, 0.4) is 0 Å². The van der Waals surface area contributed by atoms with E-state index in [4.69, 9.17) is 5.11 Å². The summed E-state index contributed by atoms with van der Waals surface area (Å²) in [5.74, 6) is -6.94. The monoisotopic (exact) mass is 175 g/mol. The number of carbonyl (C=O) groups is 3. The Hall–Kier alpha value is -1.63. The molecule has 0 spiro atoms. The number of rotatable bonds is 4. The SMILES string of the molecule is O=C([O-])CC(O)(C(=O)[O-])C(=O)[O-]. The van der Waals surface area contributed by atoms with Crippen molar-refractivity contribution in [3.63, 3.8) is 0 Å². The second-order valence-corrected chi connectivity index (χ2v) is 1.98. The first-order valence-corrected chi connectivity index (χ1v) is 2.66. The summed E-state index contributed by atoms with van der Waals surface area (Å²) in [6.07, 6.45) is -1.61. The maximum atomic E-state index is 9.93. The molecule has 0 unspecified atom stereocenters. The first-order chi connectivity index (χ1) is 5.30. The van der Waals surface area contributed by atoms with Crippen molar-refractivity contribution in [1.82, 2.24) is 0 Å². The van der Waals surface area contributed by atoms with Gasteiger partial charge >= 0.3 is 0 Å². The van der Waals surface area contributed by atoms with Crippen LogP contribution < -0.4 is 15.3 Å². The number of aliphatic hydroxyl groups is 1. The van der Waals surface area contributed by atoms with E-state index in [1.807, 2.05) is 0 Å². The Kier molecular flexibility index (Phi) is 2.75. The van der Waals surface area contributed by atoms with Gasteiger partial charge in [-0.1, -0.05) is 0 Å². The summed E-state index contributed by atoms with van der Waals surface area (Å²) in [6.45, 7) is 0. The van der Waals surface area contributed by atoms with Gasteiger partial charge in [0.2, 0.25) is 0 Å². The average molecular weight is 175 g/mol. The standard InChI is InChI=1S/C5H6O7/c6-2(7)1-5(12,3(8)9)4(10)11/h12H,1H2,(H,6,7)(H,8,9)(H,10,11)/p-3. The molecule has 0 bridgehead atoms. The molecule has 0 aromatic heterocycles. The van der Waals surface area contributed by atoms with Crippen LogP contribution in [0.4, 0.5) is 0 Å². The number of aliphatic carboxylic acids is 3. The van der Waals surface area contributed by atoms with E-state index in [1.165, 1.54) is 0 Å². The van der Waals surface area contributed by atoms with Crippen LogP contribution in [0.25, 0.3) is 0 Å². The van der Waals surface area contributed by atoms with E-state index < -0.39 is 29.9 Å². The predicted octanol–water partition coefficient (Wildman–Crippen LogP) is -5.64. The molecule has 12 heavy (non-hydrogen) atoms. The van der Waals surface area contributed by atoms with Crippen LogP contribution in [0.2, 0.25) is 0 Å². The summed E-state index contributed by atoms with van der Waals surface area (Å²) in [5.41, 5.74) is -3.53. The van der Waals surface area contributed by atoms with Crippen LogP contribution in [0.1, 0.15) is 6.42 Å². The van der Waals surface area contributed by atoms with E-state index in [9.17, 15) is 29.7 Å². The minimum absolute atomic E-state index is 1.61. The summed E-state index contributed by atoms with van der Waals surface area (Å²) < 4.78 is 0. The van der Waals surface area contributed by atoms with Crippen LogP contribution >= 0.6 is 0 Å². The molecule has 0 aliphatic heterocycles. The highest BCUT2D eigenvalue weighted by atomic mass is 16.5. The molecule has 0 radical (unpaired) electrons. The number of carboxylic acid groups (broad SMARTS) is 3. The van der Waals surface area contributed by atoms with Crippen molar-refractivity contribution in [2.45, 2.75) is 12.0 Å². The zero-order chi connectivity index (χ0) is 9.94. The Labute approximate surface area is 65.9 Å². The van der Waals surface area contributed by atoms with Crippen molar-refractivity contribution in [1.29, 1.82) is 0 Å². The maximum Gasteiger partial charge on any atom is 0.148 e. The van der Waals surface area contributed by atoms with Crippen molar-refractivity contribution in [3.05, 3.63) is 0 Å². The highest BCUT2D eigenvalue weighted by molar-refractivity contribution is 6.02. The molecule has 0 aromatic carbocycles. The van der Waals surface area contributed by atoms with Gasteiger partial charge in [-0.2, -0.15) is 0 Å². The predicted molar refractivity (Wildman–Crippen MR) is 24.6 cm³/mol. The van der Waals surface area contributed by atoms with Gasteiger partial charge in [-0.05, 0) is 0 Å². The molecule has 0 aliphatic carbocycles. The van der Waals surface area contributed by atoms with Gasteiger partial charge in [0.25, 0.3) is 0 Å². The van der Waals surface area contributed by atoms with Crippen LogP contribution in [0.5, 0.6) is 0 Å². The Morgan fingerprint density at radius 1 is 1.08 bits per heavy atom. The van der Waals surface area contributed by atoms with E-state index in [2.05, 4.69) is 0 Å².